The van der Waals surface area contributed by atoms with Crippen LogP contribution in [0.4, 0.5) is 0 Å². The summed E-state index contributed by atoms with van der Waals surface area (Å²) >= 11 is 0. The first kappa shape index (κ1) is 13.6. The maximum Gasteiger partial charge on any atom is 0.290 e. The molecule has 0 aliphatic heterocycles. The predicted molar refractivity (Wildman–Crippen MR) is 79.2 cm³/mol. The van der Waals surface area contributed by atoms with Gasteiger partial charge in [0.1, 0.15) is 17.4 Å². The third-order valence-electron chi connectivity index (χ3n) is 3.24. The van der Waals surface area contributed by atoms with E-state index in [4.69, 9.17) is 4.74 Å². The zero-order valence-corrected chi connectivity index (χ0v) is 11.5. The molecule has 2 heterocycles. The molecule has 3 rings (SSSR count). The first-order chi connectivity index (χ1) is 10.7. The first-order valence-corrected chi connectivity index (χ1v) is 6.35. The lowest BCUT2D eigenvalue weighted by molar-refractivity contribution is 0.414. The lowest BCUT2D eigenvalue weighted by Crippen LogP contribution is -2.26. The highest BCUT2D eigenvalue weighted by Gasteiger charge is 2.14. The SMILES string of the molecule is COc1ccc(-n2nc3c(=O)[nH]ccc3c(C#N)c2=O)cc1. The second-order valence-electron chi connectivity index (χ2n) is 4.47. The van der Waals surface area contributed by atoms with Crippen molar-refractivity contribution in [2.45, 2.75) is 0 Å². The molecule has 22 heavy (non-hydrogen) atoms. The number of nitriles is 1. The van der Waals surface area contributed by atoms with Crippen molar-refractivity contribution in [1.82, 2.24) is 14.8 Å². The first-order valence-electron chi connectivity index (χ1n) is 6.35. The molecule has 7 nitrogen and oxygen atoms in total. The van der Waals surface area contributed by atoms with Crippen LogP contribution in [0.15, 0.2) is 46.1 Å². The Morgan fingerprint density at radius 2 is 1.95 bits per heavy atom. The summed E-state index contributed by atoms with van der Waals surface area (Å²) in [5.74, 6) is 0.621. The maximum absolute atomic E-state index is 12.4. The van der Waals surface area contributed by atoms with Crippen LogP contribution in [0, 0.1) is 11.3 Å². The molecule has 0 atom stereocenters. The molecule has 108 valence electrons. The number of rotatable bonds is 2. The van der Waals surface area contributed by atoms with Crippen molar-refractivity contribution in [1.29, 1.82) is 5.26 Å². The highest BCUT2D eigenvalue weighted by Crippen LogP contribution is 2.15. The van der Waals surface area contributed by atoms with Gasteiger partial charge in [-0.1, -0.05) is 0 Å². The Labute approximate surface area is 124 Å². The maximum atomic E-state index is 12.4. The van der Waals surface area contributed by atoms with E-state index in [2.05, 4.69) is 10.1 Å². The molecular weight excluding hydrogens is 284 g/mol. The fourth-order valence-corrected chi connectivity index (χ4v) is 2.14. The lowest BCUT2D eigenvalue weighted by Gasteiger charge is -2.07. The average Bonchev–Trinajstić information content (AvgIpc) is 2.55. The van der Waals surface area contributed by atoms with Crippen LogP contribution >= 0.6 is 0 Å². The highest BCUT2D eigenvalue weighted by atomic mass is 16.5. The Morgan fingerprint density at radius 3 is 2.59 bits per heavy atom. The largest absolute Gasteiger partial charge is 0.497 e. The van der Waals surface area contributed by atoms with Crippen molar-refractivity contribution < 1.29 is 4.74 Å². The summed E-state index contributed by atoms with van der Waals surface area (Å²) in [6.07, 6.45) is 1.38. The van der Waals surface area contributed by atoms with Crippen LogP contribution in [-0.4, -0.2) is 21.9 Å². The number of H-pyrrole nitrogens is 1. The monoisotopic (exact) mass is 294 g/mol. The molecule has 0 spiro atoms. The molecule has 2 aromatic heterocycles. The van der Waals surface area contributed by atoms with Gasteiger partial charge in [-0.2, -0.15) is 15.0 Å². The summed E-state index contributed by atoms with van der Waals surface area (Å²) in [7, 11) is 1.53. The minimum absolute atomic E-state index is 0.0365. The molecule has 0 saturated carbocycles. The van der Waals surface area contributed by atoms with Crippen LogP contribution < -0.4 is 15.9 Å². The normalized spacial score (nSPS) is 10.4. The zero-order chi connectivity index (χ0) is 15.7. The van der Waals surface area contributed by atoms with Crippen molar-refractivity contribution in [3.8, 4) is 17.5 Å². The zero-order valence-electron chi connectivity index (χ0n) is 11.5. The summed E-state index contributed by atoms with van der Waals surface area (Å²) in [4.78, 5) is 26.8. The van der Waals surface area contributed by atoms with Gasteiger partial charge in [0.25, 0.3) is 11.1 Å². The molecule has 0 aliphatic carbocycles. The van der Waals surface area contributed by atoms with Gasteiger partial charge in [0.2, 0.25) is 0 Å². The number of nitrogens with one attached hydrogen (secondary N) is 1. The Hall–Kier alpha value is -3.40. The summed E-state index contributed by atoms with van der Waals surface area (Å²) in [6.45, 7) is 0. The fourth-order valence-electron chi connectivity index (χ4n) is 2.14. The minimum Gasteiger partial charge on any atom is -0.497 e. The van der Waals surface area contributed by atoms with Gasteiger partial charge in [-0.05, 0) is 30.3 Å². The predicted octanol–water partition coefficient (Wildman–Crippen LogP) is 0.954. The molecule has 0 saturated heterocycles. The van der Waals surface area contributed by atoms with Gasteiger partial charge >= 0.3 is 0 Å². The molecule has 0 aliphatic rings. The number of methoxy groups -OCH3 is 1. The van der Waals surface area contributed by atoms with E-state index < -0.39 is 11.1 Å². The molecule has 0 radical (unpaired) electrons. The number of pyridine rings is 1. The molecular formula is C15H10N4O3. The van der Waals surface area contributed by atoms with E-state index in [1.807, 2.05) is 6.07 Å². The summed E-state index contributed by atoms with van der Waals surface area (Å²) in [5, 5.41) is 13.6. The highest BCUT2D eigenvalue weighted by molar-refractivity contribution is 5.82. The number of hydrogen-bond donors (Lipinski definition) is 1. The molecule has 1 aromatic carbocycles. The van der Waals surface area contributed by atoms with Gasteiger partial charge in [-0.25, -0.2) is 0 Å². The van der Waals surface area contributed by atoms with Crippen molar-refractivity contribution in [2.75, 3.05) is 7.11 Å². The van der Waals surface area contributed by atoms with Gasteiger partial charge in [0.15, 0.2) is 5.52 Å². The smallest absolute Gasteiger partial charge is 0.290 e. The number of ether oxygens (including phenoxy) is 1. The number of benzene rings is 1. The number of aromatic amines is 1. The van der Waals surface area contributed by atoms with E-state index >= 15 is 0 Å². The second kappa shape index (κ2) is 5.18. The molecule has 0 fully saturated rings. The molecule has 0 amide bonds. The van der Waals surface area contributed by atoms with E-state index in [0.29, 0.717) is 11.4 Å². The van der Waals surface area contributed by atoms with Gasteiger partial charge in [0, 0.05) is 11.6 Å². The molecule has 3 aromatic rings. The Bertz CT molecular complexity index is 1010. The van der Waals surface area contributed by atoms with E-state index in [0.717, 1.165) is 4.68 Å². The topological polar surface area (TPSA) is 101 Å². The molecule has 7 heteroatoms. The summed E-state index contributed by atoms with van der Waals surface area (Å²) in [5.41, 5.74) is -0.684. The van der Waals surface area contributed by atoms with Crippen LogP contribution in [0.5, 0.6) is 5.75 Å². The third-order valence-corrected chi connectivity index (χ3v) is 3.24. The summed E-state index contributed by atoms with van der Waals surface area (Å²) in [6, 6.07) is 9.90. The van der Waals surface area contributed by atoms with Gasteiger partial charge in [-0.3, -0.25) is 9.59 Å². The molecule has 1 N–H and O–H groups in total. The second-order valence-corrected chi connectivity index (χ2v) is 4.47. The number of fused-ring (bicyclic) bond motifs is 1. The number of hydrogen-bond acceptors (Lipinski definition) is 5. The van der Waals surface area contributed by atoms with Crippen LogP contribution in [0.1, 0.15) is 5.56 Å². The van der Waals surface area contributed by atoms with Gasteiger partial charge in [0.05, 0.1) is 12.8 Å². The Balaban J connectivity index is 2.37. The quantitative estimate of drug-likeness (QED) is 0.758. The molecule has 0 bridgehead atoms. The minimum atomic E-state index is -0.578. The number of aromatic nitrogens is 3. The number of nitrogens with zero attached hydrogens (tertiary/aromatic N) is 3. The average molecular weight is 294 g/mol. The Morgan fingerprint density at radius 1 is 1.23 bits per heavy atom. The van der Waals surface area contributed by atoms with Crippen molar-refractivity contribution in [3.63, 3.8) is 0 Å². The Kier molecular flexibility index (Phi) is 3.20. The van der Waals surface area contributed by atoms with E-state index in [9.17, 15) is 14.9 Å². The van der Waals surface area contributed by atoms with Crippen LogP contribution in [-0.2, 0) is 0 Å². The van der Waals surface area contributed by atoms with Crippen molar-refractivity contribution in [3.05, 3.63) is 62.8 Å². The van der Waals surface area contributed by atoms with E-state index in [-0.39, 0.29) is 16.5 Å². The van der Waals surface area contributed by atoms with E-state index in [1.54, 1.807) is 24.3 Å². The van der Waals surface area contributed by atoms with E-state index in [1.165, 1.54) is 19.4 Å². The lowest BCUT2D eigenvalue weighted by atomic mass is 10.2. The van der Waals surface area contributed by atoms with Crippen molar-refractivity contribution >= 4 is 10.9 Å². The van der Waals surface area contributed by atoms with Gasteiger partial charge < -0.3 is 9.72 Å². The standard InChI is InChI=1S/C15H10N4O3/c1-22-10-4-2-9(3-5-10)19-15(21)12(8-16)11-6-7-17-14(20)13(11)18-19/h2-7H,1H3,(H,17,20). The third kappa shape index (κ3) is 2.03. The fraction of sp³-hybridized carbons (Fsp3) is 0.0667. The van der Waals surface area contributed by atoms with Crippen LogP contribution in [0.2, 0.25) is 0 Å². The van der Waals surface area contributed by atoms with Crippen LogP contribution in [0.25, 0.3) is 16.6 Å². The van der Waals surface area contributed by atoms with Crippen molar-refractivity contribution in [2.24, 2.45) is 0 Å². The van der Waals surface area contributed by atoms with Gasteiger partial charge in [-0.15, -0.1) is 0 Å². The molecule has 0 unspecified atom stereocenters. The summed E-state index contributed by atoms with van der Waals surface area (Å²) < 4.78 is 6.09. The van der Waals surface area contributed by atoms with Crippen LogP contribution in [0.3, 0.4) is 0 Å².